The van der Waals surface area contributed by atoms with Crippen LogP contribution in [0, 0.1) is 0 Å². The third-order valence-corrected chi connectivity index (χ3v) is 4.65. The Kier molecular flexibility index (Phi) is 4.28. The van der Waals surface area contributed by atoms with Gasteiger partial charge in [-0.15, -0.1) is 0 Å². The Morgan fingerprint density at radius 3 is 2.54 bits per heavy atom. The Balaban J connectivity index is 1.58. The molecule has 0 saturated carbocycles. The summed E-state index contributed by atoms with van der Waals surface area (Å²) in [6, 6.07) is 7.46. The Morgan fingerprint density at radius 1 is 1.00 bits per heavy atom. The second-order valence-electron chi connectivity index (χ2n) is 6.39. The van der Waals surface area contributed by atoms with Crippen molar-refractivity contribution in [3.63, 3.8) is 0 Å². The first-order valence-corrected chi connectivity index (χ1v) is 8.51. The minimum atomic E-state index is -4.47. The number of aromatic amines is 1. The van der Waals surface area contributed by atoms with Crippen molar-refractivity contribution < 1.29 is 13.2 Å². The van der Waals surface area contributed by atoms with E-state index in [-0.39, 0.29) is 5.82 Å². The summed E-state index contributed by atoms with van der Waals surface area (Å²) in [5.41, 5.74) is 1.03. The van der Waals surface area contributed by atoms with E-state index in [2.05, 4.69) is 25.6 Å². The molecule has 1 saturated heterocycles. The van der Waals surface area contributed by atoms with Gasteiger partial charge in [0.2, 0.25) is 0 Å². The Bertz CT molecular complexity index is 913. The smallest absolute Gasteiger partial charge is 0.346 e. The van der Waals surface area contributed by atoms with Gasteiger partial charge in [0.25, 0.3) is 0 Å². The predicted molar refractivity (Wildman–Crippen MR) is 93.5 cm³/mol. The lowest BCUT2D eigenvalue weighted by atomic mass is 9.90. The molecular weight excluding hydrogens is 343 g/mol. The number of anilines is 2. The number of H-pyrrole nitrogens is 1. The number of hydrogen-bond donors (Lipinski definition) is 3. The fourth-order valence-corrected chi connectivity index (χ4v) is 3.36. The Hall–Kier alpha value is -2.61. The monoisotopic (exact) mass is 361 g/mol. The first-order valence-electron chi connectivity index (χ1n) is 8.51. The number of pyridine rings is 2. The zero-order valence-electron chi connectivity index (χ0n) is 13.9. The van der Waals surface area contributed by atoms with Crippen LogP contribution in [-0.2, 0) is 6.18 Å². The van der Waals surface area contributed by atoms with Gasteiger partial charge >= 0.3 is 6.18 Å². The highest BCUT2D eigenvalue weighted by molar-refractivity contribution is 5.82. The normalized spacial score (nSPS) is 16.1. The summed E-state index contributed by atoms with van der Waals surface area (Å²) >= 11 is 0. The molecule has 5 nitrogen and oxygen atoms in total. The third-order valence-electron chi connectivity index (χ3n) is 4.65. The molecule has 0 atom stereocenters. The molecule has 8 heteroatoms. The van der Waals surface area contributed by atoms with Crippen LogP contribution in [0.15, 0.2) is 36.5 Å². The van der Waals surface area contributed by atoms with Crippen molar-refractivity contribution in [3.05, 3.63) is 47.8 Å². The van der Waals surface area contributed by atoms with E-state index >= 15 is 0 Å². The molecular formula is C18H18F3N5. The van der Waals surface area contributed by atoms with Gasteiger partial charge in [-0.1, -0.05) is 6.07 Å². The lowest BCUT2D eigenvalue weighted by molar-refractivity contribution is -0.141. The quantitative estimate of drug-likeness (QED) is 0.655. The molecule has 1 aliphatic rings. The molecule has 0 aliphatic carbocycles. The molecule has 4 heterocycles. The maximum atomic E-state index is 12.8. The molecule has 4 rings (SSSR count). The molecule has 26 heavy (non-hydrogen) atoms. The number of halogens is 3. The topological polar surface area (TPSA) is 65.6 Å². The van der Waals surface area contributed by atoms with Crippen LogP contribution in [0.4, 0.5) is 24.8 Å². The summed E-state index contributed by atoms with van der Waals surface area (Å²) in [5, 5.41) is 7.25. The number of piperidine rings is 1. The van der Waals surface area contributed by atoms with Crippen molar-refractivity contribution in [1.82, 2.24) is 20.3 Å². The van der Waals surface area contributed by atoms with Crippen molar-refractivity contribution in [2.24, 2.45) is 0 Å². The first kappa shape index (κ1) is 16.8. The van der Waals surface area contributed by atoms with E-state index in [4.69, 9.17) is 0 Å². The lowest BCUT2D eigenvalue weighted by Crippen LogP contribution is -2.26. The van der Waals surface area contributed by atoms with Gasteiger partial charge in [-0.05, 0) is 61.7 Å². The van der Waals surface area contributed by atoms with Crippen molar-refractivity contribution in [2.75, 3.05) is 18.4 Å². The minimum absolute atomic E-state index is 0.108. The molecule has 0 bridgehead atoms. The van der Waals surface area contributed by atoms with Gasteiger partial charge in [-0.25, -0.2) is 9.97 Å². The fraction of sp³-hybridized carbons (Fsp3) is 0.333. The van der Waals surface area contributed by atoms with E-state index in [0.29, 0.717) is 11.7 Å². The van der Waals surface area contributed by atoms with Crippen molar-refractivity contribution in [2.45, 2.75) is 24.9 Å². The summed E-state index contributed by atoms with van der Waals surface area (Å²) in [6.45, 7) is 2.01. The van der Waals surface area contributed by atoms with Crippen LogP contribution < -0.4 is 10.6 Å². The number of rotatable bonds is 3. The number of alkyl halides is 3. The molecule has 3 aromatic heterocycles. The number of nitrogens with zero attached hydrogens (tertiary/aromatic N) is 2. The van der Waals surface area contributed by atoms with E-state index in [9.17, 15) is 13.2 Å². The summed E-state index contributed by atoms with van der Waals surface area (Å²) < 4.78 is 38.3. The molecule has 0 aromatic carbocycles. The molecule has 1 aliphatic heterocycles. The van der Waals surface area contributed by atoms with Gasteiger partial charge in [0.15, 0.2) is 0 Å². The van der Waals surface area contributed by atoms with Crippen LogP contribution in [-0.4, -0.2) is 28.0 Å². The van der Waals surface area contributed by atoms with Crippen molar-refractivity contribution in [3.8, 4) is 0 Å². The van der Waals surface area contributed by atoms with Crippen LogP contribution in [0.25, 0.3) is 11.0 Å². The molecule has 136 valence electrons. The summed E-state index contributed by atoms with van der Waals surface area (Å²) in [6.07, 6.45) is -0.319. The van der Waals surface area contributed by atoms with E-state index in [1.807, 2.05) is 12.3 Å². The highest BCUT2D eigenvalue weighted by Crippen LogP contribution is 2.32. The Morgan fingerprint density at radius 2 is 1.77 bits per heavy atom. The average Bonchev–Trinajstić information content (AvgIpc) is 3.05. The second-order valence-corrected chi connectivity index (χ2v) is 6.39. The molecule has 0 amide bonds. The zero-order valence-corrected chi connectivity index (χ0v) is 13.9. The maximum absolute atomic E-state index is 12.8. The number of aromatic nitrogens is 3. The van der Waals surface area contributed by atoms with E-state index < -0.39 is 11.9 Å². The number of hydrogen-bond acceptors (Lipinski definition) is 4. The molecule has 0 unspecified atom stereocenters. The number of nitrogens with one attached hydrogen (secondary N) is 3. The standard InChI is InChI=1S/C18H18F3N5/c19-18(20,21)14-2-1-3-15(24-14)25-16-5-4-12-13(10-23-17(12)26-16)11-6-8-22-9-7-11/h1-5,10-11,22H,6-9H2,(H2,23,24,25,26). The molecule has 1 fully saturated rings. The molecule has 3 N–H and O–H groups in total. The van der Waals surface area contributed by atoms with Crippen LogP contribution in [0.1, 0.15) is 30.0 Å². The van der Waals surface area contributed by atoms with Crippen LogP contribution in [0.3, 0.4) is 0 Å². The predicted octanol–water partition coefficient (Wildman–Crippen LogP) is 4.19. The van der Waals surface area contributed by atoms with Crippen molar-refractivity contribution in [1.29, 1.82) is 0 Å². The van der Waals surface area contributed by atoms with Crippen molar-refractivity contribution >= 4 is 22.7 Å². The van der Waals surface area contributed by atoms with E-state index in [1.165, 1.54) is 17.7 Å². The van der Waals surface area contributed by atoms with Gasteiger partial charge < -0.3 is 15.6 Å². The van der Waals surface area contributed by atoms with Gasteiger partial charge in [-0.3, -0.25) is 0 Å². The highest BCUT2D eigenvalue weighted by Gasteiger charge is 2.32. The zero-order chi connectivity index (χ0) is 18.1. The first-order chi connectivity index (χ1) is 12.5. The van der Waals surface area contributed by atoms with Gasteiger partial charge in [0.1, 0.15) is 23.0 Å². The molecule has 3 aromatic rings. The summed E-state index contributed by atoms with van der Waals surface area (Å²) in [4.78, 5) is 11.3. The maximum Gasteiger partial charge on any atom is 0.433 e. The van der Waals surface area contributed by atoms with Crippen LogP contribution in [0.2, 0.25) is 0 Å². The summed E-state index contributed by atoms with van der Waals surface area (Å²) in [5.74, 6) is 1.05. The van der Waals surface area contributed by atoms with Crippen LogP contribution >= 0.6 is 0 Å². The van der Waals surface area contributed by atoms with E-state index in [1.54, 1.807) is 6.07 Å². The molecule has 0 radical (unpaired) electrons. The minimum Gasteiger partial charge on any atom is -0.346 e. The van der Waals surface area contributed by atoms with Gasteiger partial charge in [0, 0.05) is 11.6 Å². The molecule has 0 spiro atoms. The van der Waals surface area contributed by atoms with E-state index in [0.717, 1.165) is 43.0 Å². The highest BCUT2D eigenvalue weighted by atomic mass is 19.4. The SMILES string of the molecule is FC(F)(F)c1cccc(Nc2ccc3c(C4CCNCC4)c[nH]c3n2)n1. The largest absolute Gasteiger partial charge is 0.433 e. The third kappa shape index (κ3) is 3.37. The number of fused-ring (bicyclic) bond motifs is 1. The van der Waals surface area contributed by atoms with Crippen LogP contribution in [0.5, 0.6) is 0 Å². The fourth-order valence-electron chi connectivity index (χ4n) is 3.36. The lowest BCUT2D eigenvalue weighted by Gasteiger charge is -2.22. The van der Waals surface area contributed by atoms with Gasteiger partial charge in [0.05, 0.1) is 0 Å². The Labute approximate surface area is 148 Å². The second kappa shape index (κ2) is 6.60. The van der Waals surface area contributed by atoms with Gasteiger partial charge in [-0.2, -0.15) is 13.2 Å². The summed E-state index contributed by atoms with van der Waals surface area (Å²) in [7, 11) is 0. The average molecular weight is 361 g/mol.